The van der Waals surface area contributed by atoms with Gasteiger partial charge in [0.05, 0.1) is 20.1 Å². The fraction of sp³-hybridized carbons (Fsp3) is 0.250. The monoisotopic (exact) mass is 517 g/mol. The number of carbonyl (C=O) groups excluding carboxylic acids is 3. The Morgan fingerprint density at radius 2 is 1.53 bits per heavy atom. The number of nitrogens with one attached hydrogen (secondary N) is 2. The zero-order valence-corrected chi connectivity index (χ0v) is 19.6. The fourth-order valence-electron chi connectivity index (χ4n) is 3.19. The summed E-state index contributed by atoms with van der Waals surface area (Å²) in [7, 11) is 0. The zero-order valence-electron chi connectivity index (χ0n) is 16.6. The van der Waals surface area contributed by atoms with Crippen molar-refractivity contribution < 1.29 is 14.4 Å². The van der Waals surface area contributed by atoms with E-state index in [4.69, 9.17) is 52.1 Å². The number of nitrogens with zero attached hydrogens (tertiary/aromatic N) is 2. The minimum absolute atomic E-state index is 0.126. The van der Waals surface area contributed by atoms with Gasteiger partial charge in [0.15, 0.2) is 6.17 Å². The fourth-order valence-corrected chi connectivity index (χ4v) is 3.78. The molecule has 1 unspecified atom stereocenters. The third kappa shape index (κ3) is 5.39. The van der Waals surface area contributed by atoms with Crippen LogP contribution in [0.15, 0.2) is 36.4 Å². The number of halogens is 4. The van der Waals surface area contributed by atoms with Gasteiger partial charge in [0.1, 0.15) is 0 Å². The molecule has 8 nitrogen and oxygen atoms in total. The molecule has 170 valence electrons. The van der Waals surface area contributed by atoms with Gasteiger partial charge in [0, 0.05) is 37.4 Å². The molecule has 2 aromatic rings. The first-order valence-electron chi connectivity index (χ1n) is 9.49. The van der Waals surface area contributed by atoms with Gasteiger partial charge < -0.3 is 21.3 Å². The number of nitrogens with two attached hydrogens (primary N) is 1. The predicted octanol–water partition coefficient (Wildman–Crippen LogP) is 3.69. The second-order valence-electron chi connectivity index (χ2n) is 6.83. The van der Waals surface area contributed by atoms with Crippen molar-refractivity contribution in [2.24, 2.45) is 5.73 Å². The van der Waals surface area contributed by atoms with Crippen LogP contribution in [0.4, 0.5) is 10.5 Å². The van der Waals surface area contributed by atoms with Gasteiger partial charge >= 0.3 is 6.03 Å². The van der Waals surface area contributed by atoms with E-state index < -0.39 is 24.0 Å². The standard InChI is InChI=1S/C20H19Cl4N5O3/c21-13-3-1-11(9-15(13)23)19(31)28-7-8-29(18(28)17(30)26-6-5-25)20(32)27-12-2-4-14(22)16(24)10-12/h1-4,9-10,18H,5-8,25H2,(H,26,30)(H,27,32). The van der Waals surface area contributed by atoms with Gasteiger partial charge in [-0.3, -0.25) is 14.5 Å². The largest absolute Gasteiger partial charge is 0.351 e. The average molecular weight is 519 g/mol. The lowest BCUT2D eigenvalue weighted by molar-refractivity contribution is -0.127. The topological polar surface area (TPSA) is 108 Å². The number of rotatable bonds is 5. The second-order valence-corrected chi connectivity index (χ2v) is 8.46. The Kier molecular flexibility index (Phi) is 8.08. The van der Waals surface area contributed by atoms with E-state index in [0.29, 0.717) is 15.7 Å². The van der Waals surface area contributed by atoms with E-state index in [1.165, 1.54) is 40.1 Å². The molecule has 2 aromatic carbocycles. The summed E-state index contributed by atoms with van der Waals surface area (Å²) in [5.41, 5.74) is 6.10. The van der Waals surface area contributed by atoms with Crippen molar-refractivity contribution >= 4 is 69.9 Å². The van der Waals surface area contributed by atoms with Gasteiger partial charge in [0.2, 0.25) is 0 Å². The molecule has 4 N–H and O–H groups in total. The molecule has 4 amide bonds. The Bertz CT molecular complexity index is 1050. The van der Waals surface area contributed by atoms with E-state index in [2.05, 4.69) is 10.6 Å². The van der Waals surface area contributed by atoms with Crippen molar-refractivity contribution in [1.29, 1.82) is 0 Å². The van der Waals surface area contributed by atoms with Crippen molar-refractivity contribution in [2.45, 2.75) is 6.17 Å². The first kappa shape index (κ1) is 24.4. The van der Waals surface area contributed by atoms with E-state index >= 15 is 0 Å². The lowest BCUT2D eigenvalue weighted by Crippen LogP contribution is -2.55. The van der Waals surface area contributed by atoms with Crippen molar-refractivity contribution in [1.82, 2.24) is 15.1 Å². The highest BCUT2D eigenvalue weighted by molar-refractivity contribution is 6.42. The molecule has 12 heteroatoms. The van der Waals surface area contributed by atoms with Gasteiger partial charge in [0.25, 0.3) is 11.8 Å². The molecule has 1 aliphatic rings. The summed E-state index contributed by atoms with van der Waals surface area (Å²) in [6.45, 7) is 0.649. The van der Waals surface area contributed by atoms with Crippen molar-refractivity contribution in [2.75, 3.05) is 31.5 Å². The summed E-state index contributed by atoms with van der Waals surface area (Å²) >= 11 is 23.9. The van der Waals surface area contributed by atoms with E-state index in [1.807, 2.05) is 0 Å². The number of amides is 4. The average Bonchev–Trinajstić information content (AvgIpc) is 3.21. The van der Waals surface area contributed by atoms with Gasteiger partial charge in [-0.2, -0.15) is 0 Å². The number of hydrogen-bond acceptors (Lipinski definition) is 4. The highest BCUT2D eigenvalue weighted by atomic mass is 35.5. The zero-order chi connectivity index (χ0) is 23.4. The summed E-state index contributed by atoms with van der Waals surface area (Å²) in [6, 6.07) is 8.43. The highest BCUT2D eigenvalue weighted by Crippen LogP contribution is 2.27. The second kappa shape index (κ2) is 10.6. The summed E-state index contributed by atoms with van der Waals surface area (Å²) < 4.78 is 0. The van der Waals surface area contributed by atoms with E-state index in [0.717, 1.165) is 0 Å². The van der Waals surface area contributed by atoms with Crippen molar-refractivity contribution in [3.8, 4) is 0 Å². The Balaban J connectivity index is 1.85. The van der Waals surface area contributed by atoms with Gasteiger partial charge in [-0.1, -0.05) is 46.4 Å². The molecule has 3 rings (SSSR count). The van der Waals surface area contributed by atoms with Crippen LogP contribution in [0, 0.1) is 0 Å². The molecule has 0 spiro atoms. The van der Waals surface area contributed by atoms with Crippen LogP contribution in [0.2, 0.25) is 20.1 Å². The Morgan fingerprint density at radius 1 is 0.906 bits per heavy atom. The maximum atomic E-state index is 13.1. The number of urea groups is 1. The first-order valence-corrected chi connectivity index (χ1v) is 11.0. The molecule has 1 saturated heterocycles. The van der Waals surface area contributed by atoms with E-state index in [-0.39, 0.29) is 41.8 Å². The number of hydrogen-bond donors (Lipinski definition) is 3. The summed E-state index contributed by atoms with van der Waals surface area (Å²) in [5, 5.41) is 6.40. The van der Waals surface area contributed by atoms with Crippen LogP contribution < -0.4 is 16.4 Å². The van der Waals surface area contributed by atoms with Gasteiger partial charge in [-0.05, 0) is 36.4 Å². The first-order chi connectivity index (χ1) is 15.2. The van der Waals surface area contributed by atoms with E-state index in [9.17, 15) is 14.4 Å². The maximum Gasteiger partial charge on any atom is 0.323 e. The van der Waals surface area contributed by atoms with Crippen LogP contribution >= 0.6 is 46.4 Å². The predicted molar refractivity (Wildman–Crippen MR) is 126 cm³/mol. The van der Waals surface area contributed by atoms with Crippen LogP contribution in [-0.4, -0.2) is 60.0 Å². The molecule has 0 saturated carbocycles. The molecular formula is C20H19Cl4N5O3. The third-order valence-corrected chi connectivity index (χ3v) is 6.19. The van der Waals surface area contributed by atoms with Crippen LogP contribution in [0.3, 0.4) is 0 Å². The molecule has 32 heavy (non-hydrogen) atoms. The Labute approximate surface area is 204 Å². The van der Waals surface area contributed by atoms with Crippen LogP contribution in [-0.2, 0) is 4.79 Å². The minimum Gasteiger partial charge on any atom is -0.351 e. The normalized spacial score (nSPS) is 15.6. The minimum atomic E-state index is -1.19. The Hall–Kier alpha value is -2.23. The van der Waals surface area contributed by atoms with Crippen molar-refractivity contribution in [3.63, 3.8) is 0 Å². The highest BCUT2D eigenvalue weighted by Gasteiger charge is 2.43. The van der Waals surface area contributed by atoms with Crippen LogP contribution in [0.1, 0.15) is 10.4 Å². The van der Waals surface area contributed by atoms with Crippen LogP contribution in [0.5, 0.6) is 0 Å². The molecule has 0 aromatic heterocycles. The van der Waals surface area contributed by atoms with Crippen LogP contribution in [0.25, 0.3) is 0 Å². The number of carbonyl (C=O) groups is 3. The number of benzene rings is 2. The molecular weight excluding hydrogens is 500 g/mol. The summed E-state index contributed by atoms with van der Waals surface area (Å²) in [6.07, 6.45) is -1.19. The molecule has 0 aliphatic carbocycles. The van der Waals surface area contributed by atoms with E-state index in [1.54, 1.807) is 6.07 Å². The molecule has 1 heterocycles. The summed E-state index contributed by atoms with van der Waals surface area (Å²) in [5.74, 6) is -1.01. The maximum absolute atomic E-state index is 13.1. The third-order valence-electron chi connectivity index (χ3n) is 4.71. The SMILES string of the molecule is NCCNC(=O)C1N(C(=O)Nc2ccc(Cl)c(Cl)c2)CCN1C(=O)c1ccc(Cl)c(Cl)c1. The van der Waals surface area contributed by atoms with Crippen molar-refractivity contribution in [3.05, 3.63) is 62.1 Å². The Morgan fingerprint density at radius 3 is 2.16 bits per heavy atom. The quantitative estimate of drug-likeness (QED) is 0.560. The lowest BCUT2D eigenvalue weighted by Gasteiger charge is -2.29. The lowest BCUT2D eigenvalue weighted by atomic mass is 10.2. The number of anilines is 1. The summed E-state index contributed by atoms with van der Waals surface area (Å²) in [4.78, 5) is 41.5. The van der Waals surface area contributed by atoms with Gasteiger partial charge in [-0.25, -0.2) is 4.79 Å². The molecule has 1 fully saturated rings. The smallest absolute Gasteiger partial charge is 0.323 e. The van der Waals surface area contributed by atoms with Gasteiger partial charge in [-0.15, -0.1) is 0 Å². The molecule has 1 atom stereocenters. The molecule has 0 bridgehead atoms. The molecule has 1 aliphatic heterocycles. The molecule has 0 radical (unpaired) electrons.